The van der Waals surface area contributed by atoms with Gasteiger partial charge in [0.1, 0.15) is 6.54 Å². The zero-order chi connectivity index (χ0) is 19.6. The van der Waals surface area contributed by atoms with Gasteiger partial charge < -0.3 is 5.32 Å². The van der Waals surface area contributed by atoms with Crippen LogP contribution in [0.25, 0.3) is 0 Å². The molecule has 2 aliphatic rings. The molecular weight excluding hydrogens is 360 g/mol. The van der Waals surface area contributed by atoms with Crippen LogP contribution in [0.5, 0.6) is 0 Å². The van der Waals surface area contributed by atoms with Gasteiger partial charge >= 0.3 is 0 Å². The topological polar surface area (TPSA) is 66.5 Å². The zero-order valence-electron chi connectivity index (χ0n) is 16.1. The number of aryl methyl sites for hydroxylation is 1. The van der Waals surface area contributed by atoms with Gasteiger partial charge in [0.25, 0.3) is 0 Å². The monoisotopic (exact) mass is 386 g/mol. The number of rotatable bonds is 4. The van der Waals surface area contributed by atoms with E-state index < -0.39 is 5.41 Å². The molecule has 0 bridgehead atoms. The first-order chi connectivity index (χ1) is 12.8. The van der Waals surface area contributed by atoms with Crippen LogP contribution in [-0.2, 0) is 20.8 Å². The second kappa shape index (κ2) is 7.89. The van der Waals surface area contributed by atoms with E-state index in [4.69, 9.17) is 0 Å². The standard InChI is InChI=1S/C21H26N2O3S/c1-21(2,3)17(24)11-20-23(19(26)13-27-20)12-18(25)22-16-10-6-8-14-7-4-5-9-15(14)16/h4-5,7,9,11,16H,6,8,10,12-13H2,1-3H3,(H,22,25)/b20-11+/t16-/m1/s1. The number of allylic oxidation sites excluding steroid dienone is 1. The van der Waals surface area contributed by atoms with Crippen LogP contribution >= 0.6 is 11.8 Å². The lowest BCUT2D eigenvalue weighted by molar-refractivity contribution is -0.131. The fourth-order valence-electron chi connectivity index (χ4n) is 3.32. The molecule has 0 radical (unpaired) electrons. The molecule has 5 nitrogen and oxygen atoms in total. The van der Waals surface area contributed by atoms with Crippen molar-refractivity contribution < 1.29 is 14.4 Å². The molecule has 1 atom stereocenters. The maximum absolute atomic E-state index is 12.6. The van der Waals surface area contributed by atoms with Gasteiger partial charge in [0.15, 0.2) is 5.78 Å². The van der Waals surface area contributed by atoms with Crippen LogP contribution < -0.4 is 5.32 Å². The molecule has 3 rings (SSSR count). The molecule has 0 aromatic heterocycles. The van der Waals surface area contributed by atoms with Crippen molar-refractivity contribution in [3.05, 3.63) is 46.5 Å². The Labute approximate surface area is 164 Å². The molecule has 1 N–H and O–H groups in total. The molecule has 27 heavy (non-hydrogen) atoms. The second-order valence-electron chi connectivity index (χ2n) is 8.08. The molecule has 2 amide bonds. The fourth-order valence-corrected chi connectivity index (χ4v) is 4.26. The van der Waals surface area contributed by atoms with Crippen LogP contribution in [0.3, 0.4) is 0 Å². The molecule has 0 spiro atoms. The number of ketones is 1. The highest BCUT2D eigenvalue weighted by atomic mass is 32.2. The third-order valence-corrected chi connectivity index (χ3v) is 5.94. The molecule has 1 heterocycles. The van der Waals surface area contributed by atoms with Crippen LogP contribution in [0.1, 0.15) is 50.8 Å². The Balaban J connectivity index is 1.69. The molecule has 0 unspecified atom stereocenters. The van der Waals surface area contributed by atoms with Gasteiger partial charge in [-0.15, -0.1) is 0 Å². The summed E-state index contributed by atoms with van der Waals surface area (Å²) in [6, 6.07) is 8.16. The average molecular weight is 387 g/mol. The minimum Gasteiger partial charge on any atom is -0.348 e. The molecule has 6 heteroatoms. The van der Waals surface area contributed by atoms with Gasteiger partial charge in [-0.25, -0.2) is 0 Å². The fraction of sp³-hybridized carbons (Fsp3) is 0.476. The Hall–Kier alpha value is -2.08. The van der Waals surface area contributed by atoms with Gasteiger partial charge in [0.2, 0.25) is 11.8 Å². The summed E-state index contributed by atoms with van der Waals surface area (Å²) in [5.41, 5.74) is 1.93. The normalized spacial score (nSPS) is 21.3. The summed E-state index contributed by atoms with van der Waals surface area (Å²) in [5.74, 6) is -0.108. The Morgan fingerprint density at radius 3 is 2.78 bits per heavy atom. The van der Waals surface area contributed by atoms with Gasteiger partial charge in [0.05, 0.1) is 16.8 Å². The van der Waals surface area contributed by atoms with Gasteiger partial charge in [-0.3, -0.25) is 19.3 Å². The first-order valence-corrected chi connectivity index (χ1v) is 10.3. The SMILES string of the molecule is CC(C)(C)C(=O)/C=C1/SCC(=O)N1CC(=O)N[C@@H]1CCCc2ccccc21. The van der Waals surface area contributed by atoms with E-state index in [0.717, 1.165) is 24.8 Å². The summed E-state index contributed by atoms with van der Waals surface area (Å²) in [6.07, 6.45) is 4.46. The number of nitrogens with one attached hydrogen (secondary N) is 1. The number of amides is 2. The van der Waals surface area contributed by atoms with Gasteiger partial charge in [0, 0.05) is 11.5 Å². The van der Waals surface area contributed by atoms with Crippen molar-refractivity contribution in [1.29, 1.82) is 0 Å². The summed E-state index contributed by atoms with van der Waals surface area (Å²) < 4.78 is 0. The predicted molar refractivity (Wildman–Crippen MR) is 107 cm³/mol. The first-order valence-electron chi connectivity index (χ1n) is 9.32. The Morgan fingerprint density at radius 1 is 1.30 bits per heavy atom. The summed E-state index contributed by atoms with van der Waals surface area (Å²) >= 11 is 1.32. The number of fused-ring (bicyclic) bond motifs is 1. The largest absolute Gasteiger partial charge is 0.348 e. The van der Waals surface area contributed by atoms with Gasteiger partial charge in [-0.2, -0.15) is 0 Å². The highest BCUT2D eigenvalue weighted by Crippen LogP contribution is 2.31. The zero-order valence-corrected chi connectivity index (χ0v) is 16.9. The van der Waals surface area contributed by atoms with Crippen LogP contribution in [0, 0.1) is 5.41 Å². The van der Waals surface area contributed by atoms with E-state index in [1.807, 2.05) is 32.9 Å². The van der Waals surface area contributed by atoms with E-state index in [9.17, 15) is 14.4 Å². The summed E-state index contributed by atoms with van der Waals surface area (Å²) in [7, 11) is 0. The highest BCUT2D eigenvalue weighted by molar-refractivity contribution is 8.04. The number of thioether (sulfide) groups is 1. The van der Waals surface area contributed by atoms with Crippen molar-refractivity contribution in [3.63, 3.8) is 0 Å². The maximum atomic E-state index is 12.6. The van der Waals surface area contributed by atoms with E-state index in [0.29, 0.717) is 5.03 Å². The molecule has 0 saturated carbocycles. The first kappa shape index (κ1) is 19.7. The van der Waals surface area contributed by atoms with Gasteiger partial charge in [-0.1, -0.05) is 56.8 Å². The Bertz CT molecular complexity index is 795. The van der Waals surface area contributed by atoms with E-state index >= 15 is 0 Å². The third kappa shape index (κ3) is 4.61. The van der Waals surface area contributed by atoms with E-state index in [2.05, 4.69) is 17.4 Å². The lowest BCUT2D eigenvalue weighted by Gasteiger charge is -2.27. The average Bonchev–Trinajstić information content (AvgIpc) is 2.94. The molecule has 1 aromatic carbocycles. The van der Waals surface area contributed by atoms with Crippen LogP contribution in [0.4, 0.5) is 0 Å². The number of carbonyl (C=O) groups is 3. The summed E-state index contributed by atoms with van der Waals surface area (Å²) in [4.78, 5) is 38.6. The second-order valence-corrected chi connectivity index (χ2v) is 9.07. The van der Waals surface area contributed by atoms with E-state index in [1.165, 1.54) is 28.3 Å². The lowest BCUT2D eigenvalue weighted by Crippen LogP contribution is -2.40. The van der Waals surface area contributed by atoms with Crippen molar-refractivity contribution >= 4 is 29.4 Å². The molecular formula is C21H26N2O3S. The summed E-state index contributed by atoms with van der Waals surface area (Å²) in [6.45, 7) is 5.47. The number of hydrogen-bond acceptors (Lipinski definition) is 4. The highest BCUT2D eigenvalue weighted by Gasteiger charge is 2.31. The van der Waals surface area contributed by atoms with Crippen molar-refractivity contribution in [2.45, 2.75) is 46.1 Å². The van der Waals surface area contributed by atoms with E-state index in [1.54, 1.807) is 0 Å². The molecule has 1 fully saturated rings. The number of carbonyl (C=O) groups excluding carboxylic acids is 3. The van der Waals surface area contributed by atoms with Crippen molar-refractivity contribution in [2.24, 2.45) is 5.41 Å². The Kier molecular flexibility index (Phi) is 5.75. The predicted octanol–water partition coefficient (Wildman–Crippen LogP) is 3.21. The minimum absolute atomic E-state index is 0.0172. The van der Waals surface area contributed by atoms with Crippen LogP contribution in [0.15, 0.2) is 35.4 Å². The van der Waals surface area contributed by atoms with Gasteiger partial charge in [-0.05, 0) is 30.4 Å². The molecule has 1 aliphatic carbocycles. The molecule has 1 aromatic rings. The van der Waals surface area contributed by atoms with Crippen LogP contribution in [0.2, 0.25) is 0 Å². The number of nitrogens with zero attached hydrogens (tertiary/aromatic N) is 1. The minimum atomic E-state index is -0.515. The smallest absolute Gasteiger partial charge is 0.240 e. The molecule has 1 aliphatic heterocycles. The number of hydrogen-bond donors (Lipinski definition) is 1. The quantitative estimate of drug-likeness (QED) is 0.807. The van der Waals surface area contributed by atoms with E-state index in [-0.39, 0.29) is 35.9 Å². The lowest BCUT2D eigenvalue weighted by atomic mass is 9.88. The summed E-state index contributed by atoms with van der Waals surface area (Å²) in [5, 5.41) is 3.64. The van der Waals surface area contributed by atoms with Crippen LogP contribution in [-0.4, -0.2) is 34.8 Å². The third-order valence-electron chi connectivity index (χ3n) is 4.91. The molecule has 1 saturated heterocycles. The van der Waals surface area contributed by atoms with Crippen molar-refractivity contribution in [3.8, 4) is 0 Å². The van der Waals surface area contributed by atoms with Crippen molar-refractivity contribution in [2.75, 3.05) is 12.3 Å². The maximum Gasteiger partial charge on any atom is 0.240 e. The Morgan fingerprint density at radius 2 is 2.04 bits per heavy atom. The van der Waals surface area contributed by atoms with Crippen molar-refractivity contribution in [1.82, 2.24) is 10.2 Å². The number of benzene rings is 1. The molecule has 144 valence electrons.